The lowest BCUT2D eigenvalue weighted by atomic mass is 10.2. The first-order valence-corrected chi connectivity index (χ1v) is 5.22. The molecule has 1 amide bonds. The van der Waals surface area contributed by atoms with Crippen LogP contribution in [0.2, 0.25) is 0 Å². The Morgan fingerprint density at radius 3 is 2.65 bits per heavy atom. The molecule has 0 saturated heterocycles. The Bertz CT molecular complexity index is 512. The summed E-state index contributed by atoms with van der Waals surface area (Å²) in [6.07, 6.45) is 1.75. The topological polar surface area (TPSA) is 52.5 Å². The number of aromatic nitrogens is 1. The van der Waals surface area contributed by atoms with Crippen molar-refractivity contribution in [2.24, 2.45) is 0 Å². The highest BCUT2D eigenvalue weighted by Crippen LogP contribution is 2.17. The van der Waals surface area contributed by atoms with Crippen molar-refractivity contribution < 1.29 is 14.5 Å². The van der Waals surface area contributed by atoms with Crippen LogP contribution in [0.4, 0.5) is 5.82 Å². The minimum Gasteiger partial charge on any atom is -0.496 e. The second-order valence-electron chi connectivity index (χ2n) is 3.43. The van der Waals surface area contributed by atoms with E-state index < -0.39 is 0 Å². The first-order valence-electron chi connectivity index (χ1n) is 5.22. The molecule has 0 bridgehead atoms. The molecule has 0 radical (unpaired) electrons. The van der Waals surface area contributed by atoms with Crippen LogP contribution >= 0.6 is 0 Å². The molecule has 1 heterocycles. The van der Waals surface area contributed by atoms with Gasteiger partial charge in [0, 0.05) is 6.07 Å². The summed E-state index contributed by atoms with van der Waals surface area (Å²) < 4.78 is 5.13. The van der Waals surface area contributed by atoms with E-state index in [-0.39, 0.29) is 5.91 Å². The third kappa shape index (κ3) is 2.60. The third-order valence-electron chi connectivity index (χ3n) is 2.31. The van der Waals surface area contributed by atoms with E-state index in [9.17, 15) is 4.79 Å². The van der Waals surface area contributed by atoms with E-state index in [0.29, 0.717) is 17.1 Å². The molecule has 0 fully saturated rings. The molecular weight excluding hydrogens is 216 g/mol. The number of rotatable bonds is 3. The van der Waals surface area contributed by atoms with Gasteiger partial charge in [0.1, 0.15) is 11.3 Å². The number of nitrogens with one attached hydrogen (secondary N) is 2. The van der Waals surface area contributed by atoms with Crippen LogP contribution in [0.3, 0.4) is 0 Å². The Morgan fingerprint density at radius 2 is 1.94 bits per heavy atom. The SMILES string of the molecule is COc1ccccc1C(=O)Nc1cccc[nH+]1. The zero-order chi connectivity index (χ0) is 12.1. The van der Waals surface area contributed by atoms with Crippen LogP contribution < -0.4 is 15.0 Å². The molecule has 2 aromatic rings. The van der Waals surface area contributed by atoms with E-state index in [0.717, 1.165) is 0 Å². The average molecular weight is 229 g/mol. The fourth-order valence-electron chi connectivity index (χ4n) is 1.49. The van der Waals surface area contributed by atoms with Crippen molar-refractivity contribution in [3.05, 3.63) is 54.2 Å². The summed E-state index contributed by atoms with van der Waals surface area (Å²) >= 11 is 0. The number of amides is 1. The molecule has 4 heteroatoms. The van der Waals surface area contributed by atoms with Gasteiger partial charge in [0.05, 0.1) is 13.3 Å². The number of anilines is 1. The van der Waals surface area contributed by atoms with Crippen LogP contribution in [0.5, 0.6) is 5.75 Å². The predicted molar refractivity (Wildman–Crippen MR) is 63.9 cm³/mol. The smallest absolute Gasteiger partial charge is 0.342 e. The molecule has 0 unspecified atom stereocenters. The zero-order valence-corrected chi connectivity index (χ0v) is 9.44. The second-order valence-corrected chi connectivity index (χ2v) is 3.43. The van der Waals surface area contributed by atoms with Crippen LogP contribution in [0, 0.1) is 0 Å². The molecule has 0 saturated carbocycles. The van der Waals surface area contributed by atoms with Crippen LogP contribution in [0.1, 0.15) is 10.4 Å². The van der Waals surface area contributed by atoms with E-state index in [1.54, 1.807) is 37.6 Å². The van der Waals surface area contributed by atoms with Gasteiger partial charge in [-0.3, -0.25) is 0 Å². The van der Waals surface area contributed by atoms with E-state index in [4.69, 9.17) is 4.74 Å². The molecule has 17 heavy (non-hydrogen) atoms. The molecule has 1 aromatic heterocycles. The zero-order valence-electron chi connectivity index (χ0n) is 9.44. The van der Waals surface area contributed by atoms with Crippen molar-refractivity contribution in [1.29, 1.82) is 0 Å². The summed E-state index contributed by atoms with van der Waals surface area (Å²) in [5.74, 6) is 0.995. The Labute approximate surface area is 99.3 Å². The number of benzene rings is 1. The second kappa shape index (κ2) is 5.12. The first kappa shape index (κ1) is 11.1. The number of hydrogen-bond acceptors (Lipinski definition) is 2. The van der Waals surface area contributed by atoms with Gasteiger partial charge in [-0.25, -0.2) is 15.1 Å². The maximum atomic E-state index is 12.0. The van der Waals surface area contributed by atoms with Gasteiger partial charge in [0.2, 0.25) is 0 Å². The summed E-state index contributed by atoms with van der Waals surface area (Å²) in [6, 6.07) is 12.6. The summed E-state index contributed by atoms with van der Waals surface area (Å²) in [5.41, 5.74) is 0.507. The normalized spacial score (nSPS) is 9.71. The number of methoxy groups -OCH3 is 1. The highest BCUT2D eigenvalue weighted by Gasteiger charge is 2.16. The number of carbonyl (C=O) groups excluding carboxylic acids is 1. The van der Waals surface area contributed by atoms with Crippen LogP contribution in [0.25, 0.3) is 0 Å². The van der Waals surface area contributed by atoms with Crippen molar-refractivity contribution in [3.63, 3.8) is 0 Å². The Balaban J connectivity index is 2.20. The summed E-state index contributed by atoms with van der Waals surface area (Å²) in [6.45, 7) is 0. The van der Waals surface area contributed by atoms with Gasteiger partial charge in [-0.05, 0) is 18.2 Å². The Kier molecular flexibility index (Phi) is 3.35. The number of carbonyl (C=O) groups is 1. The molecule has 86 valence electrons. The van der Waals surface area contributed by atoms with Crippen LogP contribution in [-0.4, -0.2) is 13.0 Å². The number of aromatic amines is 1. The van der Waals surface area contributed by atoms with Crippen molar-refractivity contribution in [2.75, 3.05) is 12.4 Å². The lowest BCUT2D eigenvalue weighted by molar-refractivity contribution is -0.360. The summed E-state index contributed by atoms with van der Waals surface area (Å²) in [7, 11) is 1.54. The Hall–Kier alpha value is -2.36. The van der Waals surface area contributed by atoms with E-state index in [1.165, 1.54) is 0 Å². The number of hydrogen-bond donors (Lipinski definition) is 1. The molecule has 0 spiro atoms. The van der Waals surface area contributed by atoms with Crippen molar-refractivity contribution in [3.8, 4) is 5.75 Å². The highest BCUT2D eigenvalue weighted by atomic mass is 16.5. The monoisotopic (exact) mass is 229 g/mol. The molecule has 2 N–H and O–H groups in total. The van der Waals surface area contributed by atoms with Gasteiger partial charge < -0.3 is 4.74 Å². The predicted octanol–water partition coefficient (Wildman–Crippen LogP) is 1.76. The minimum atomic E-state index is -0.204. The third-order valence-corrected chi connectivity index (χ3v) is 2.31. The van der Waals surface area contributed by atoms with E-state index in [1.807, 2.05) is 18.2 Å². The van der Waals surface area contributed by atoms with Gasteiger partial charge in [-0.1, -0.05) is 18.2 Å². The molecule has 0 aliphatic rings. The molecule has 0 atom stereocenters. The van der Waals surface area contributed by atoms with Crippen molar-refractivity contribution in [2.45, 2.75) is 0 Å². The minimum absolute atomic E-state index is 0.204. The van der Waals surface area contributed by atoms with Gasteiger partial charge in [0.15, 0.2) is 0 Å². The fourth-order valence-corrected chi connectivity index (χ4v) is 1.49. The molecule has 0 aliphatic heterocycles. The quantitative estimate of drug-likeness (QED) is 0.871. The van der Waals surface area contributed by atoms with Gasteiger partial charge in [-0.15, -0.1) is 0 Å². The van der Waals surface area contributed by atoms with E-state index >= 15 is 0 Å². The highest BCUT2D eigenvalue weighted by molar-refractivity contribution is 6.05. The van der Waals surface area contributed by atoms with Gasteiger partial charge in [0.25, 0.3) is 5.82 Å². The number of para-hydroxylation sites is 1. The lowest BCUT2D eigenvalue weighted by Crippen LogP contribution is -2.19. The van der Waals surface area contributed by atoms with Crippen molar-refractivity contribution in [1.82, 2.24) is 0 Å². The largest absolute Gasteiger partial charge is 0.496 e. The molecule has 1 aromatic carbocycles. The van der Waals surface area contributed by atoms with Gasteiger partial charge in [-0.2, -0.15) is 0 Å². The van der Waals surface area contributed by atoms with Crippen LogP contribution in [-0.2, 0) is 0 Å². The fraction of sp³-hybridized carbons (Fsp3) is 0.0769. The molecular formula is C13H13N2O2+. The molecule has 0 aliphatic carbocycles. The standard InChI is InChI=1S/C13H12N2O2/c1-17-11-7-3-2-6-10(11)13(16)15-12-8-4-5-9-14-12/h2-9H,1H3,(H,14,15,16)/p+1. The molecule has 2 rings (SSSR count). The Morgan fingerprint density at radius 1 is 1.18 bits per heavy atom. The van der Waals surface area contributed by atoms with Crippen molar-refractivity contribution >= 4 is 11.7 Å². The first-order chi connectivity index (χ1) is 8.31. The van der Waals surface area contributed by atoms with Gasteiger partial charge >= 0.3 is 5.91 Å². The summed E-state index contributed by atoms with van der Waals surface area (Å²) in [4.78, 5) is 14.9. The number of pyridine rings is 1. The number of ether oxygens (including phenoxy) is 1. The lowest BCUT2D eigenvalue weighted by Gasteiger charge is -2.04. The number of H-pyrrole nitrogens is 1. The van der Waals surface area contributed by atoms with Crippen LogP contribution in [0.15, 0.2) is 48.7 Å². The van der Waals surface area contributed by atoms with E-state index in [2.05, 4.69) is 10.3 Å². The maximum absolute atomic E-state index is 12.0. The maximum Gasteiger partial charge on any atom is 0.342 e. The summed E-state index contributed by atoms with van der Waals surface area (Å²) in [5, 5.41) is 2.76. The molecule has 4 nitrogen and oxygen atoms in total. The average Bonchev–Trinajstić information content (AvgIpc) is 2.40.